The van der Waals surface area contributed by atoms with Gasteiger partial charge in [0, 0.05) is 51.2 Å². The fraction of sp³-hybridized carbons (Fsp3) is 0.316. The number of amides is 1. The van der Waals surface area contributed by atoms with Crippen molar-refractivity contribution in [1.29, 1.82) is 0 Å². The van der Waals surface area contributed by atoms with E-state index in [1.165, 1.54) is 11.6 Å². The first-order valence-electron chi connectivity index (χ1n) is 8.12. The van der Waals surface area contributed by atoms with E-state index in [1.807, 2.05) is 50.2 Å². The Bertz CT molecular complexity index is 709. The fourth-order valence-electron chi connectivity index (χ4n) is 2.22. The van der Waals surface area contributed by atoms with Gasteiger partial charge in [-0.15, -0.1) is 0 Å². The van der Waals surface area contributed by atoms with Gasteiger partial charge in [-0.3, -0.25) is 4.79 Å². The third-order valence-electron chi connectivity index (χ3n) is 3.65. The van der Waals surface area contributed by atoms with Crippen LogP contribution in [0.15, 0.2) is 42.7 Å². The molecule has 0 aliphatic heterocycles. The van der Waals surface area contributed by atoms with Crippen molar-refractivity contribution in [2.24, 2.45) is 0 Å². The zero-order valence-electron chi connectivity index (χ0n) is 14.9. The molecule has 1 aromatic heterocycles. The van der Waals surface area contributed by atoms with Gasteiger partial charge in [0.1, 0.15) is 0 Å². The molecule has 0 fully saturated rings. The number of carbonyl (C=O) groups excluding carboxylic acids is 1. The van der Waals surface area contributed by atoms with Gasteiger partial charge in [0.25, 0.3) is 0 Å². The van der Waals surface area contributed by atoms with E-state index in [4.69, 9.17) is 0 Å². The Morgan fingerprint density at radius 2 is 1.80 bits per heavy atom. The Kier molecular flexibility index (Phi) is 6.65. The molecule has 1 N–H and O–H groups in total. The summed E-state index contributed by atoms with van der Waals surface area (Å²) in [7, 11) is 3.73. The second kappa shape index (κ2) is 8.94. The number of rotatable bonds is 7. The average molecular weight is 340 g/mol. The minimum atomic E-state index is -0.161. The van der Waals surface area contributed by atoms with Crippen molar-refractivity contribution in [3.63, 3.8) is 0 Å². The number of hydrogen-bond donors (Lipinski definition) is 1. The topological polar surface area (TPSA) is 69.6 Å². The van der Waals surface area contributed by atoms with Crippen molar-refractivity contribution >= 4 is 17.9 Å². The van der Waals surface area contributed by atoms with Crippen molar-refractivity contribution in [3.8, 4) is 0 Å². The van der Waals surface area contributed by atoms with Crippen LogP contribution in [0.3, 0.4) is 0 Å². The quantitative estimate of drug-likeness (QED) is 0.780. The molecule has 6 heteroatoms. The second-order valence-electron chi connectivity index (χ2n) is 6.01. The van der Waals surface area contributed by atoms with Crippen molar-refractivity contribution in [1.82, 2.24) is 14.9 Å². The molecular formula is C19H24N4O2. The lowest BCUT2D eigenvalue weighted by atomic mass is 10.1. The molecule has 25 heavy (non-hydrogen) atoms. The van der Waals surface area contributed by atoms with Crippen LogP contribution in [0.25, 0.3) is 6.08 Å². The Labute approximate surface area is 148 Å². The number of aromatic nitrogens is 2. The van der Waals surface area contributed by atoms with Gasteiger partial charge < -0.3 is 14.9 Å². The van der Waals surface area contributed by atoms with Crippen molar-refractivity contribution in [3.05, 3.63) is 59.4 Å². The van der Waals surface area contributed by atoms with E-state index in [9.17, 15) is 9.90 Å². The molecule has 0 saturated heterocycles. The molecule has 1 amide bonds. The van der Waals surface area contributed by atoms with Gasteiger partial charge in [-0.2, -0.15) is 0 Å². The highest BCUT2D eigenvalue weighted by atomic mass is 16.3. The monoisotopic (exact) mass is 340 g/mol. The van der Waals surface area contributed by atoms with Gasteiger partial charge in [0.15, 0.2) is 0 Å². The van der Waals surface area contributed by atoms with Crippen LogP contribution in [-0.2, 0) is 11.3 Å². The summed E-state index contributed by atoms with van der Waals surface area (Å²) in [5.41, 5.74) is 2.95. The van der Waals surface area contributed by atoms with E-state index in [0.717, 1.165) is 11.1 Å². The molecule has 0 radical (unpaired) electrons. The zero-order valence-corrected chi connectivity index (χ0v) is 14.9. The predicted octanol–water partition coefficient (Wildman–Crippen LogP) is 1.89. The smallest absolute Gasteiger partial charge is 0.246 e. The molecule has 1 aromatic carbocycles. The number of anilines is 1. The van der Waals surface area contributed by atoms with Crippen LogP contribution in [0, 0.1) is 6.92 Å². The molecule has 132 valence electrons. The van der Waals surface area contributed by atoms with Gasteiger partial charge in [0.2, 0.25) is 11.9 Å². The van der Waals surface area contributed by atoms with Crippen molar-refractivity contribution in [2.75, 3.05) is 32.1 Å². The van der Waals surface area contributed by atoms with Crippen LogP contribution in [0.2, 0.25) is 0 Å². The second-order valence-corrected chi connectivity index (χ2v) is 6.01. The zero-order chi connectivity index (χ0) is 18.2. The number of carbonyl (C=O) groups is 1. The summed E-state index contributed by atoms with van der Waals surface area (Å²) in [5, 5.41) is 9.23. The number of hydrogen-bond acceptors (Lipinski definition) is 5. The van der Waals surface area contributed by atoms with Crippen molar-refractivity contribution in [2.45, 2.75) is 13.5 Å². The Hall–Kier alpha value is -2.73. The number of aliphatic hydroxyl groups excluding tert-OH is 1. The summed E-state index contributed by atoms with van der Waals surface area (Å²) in [6, 6.07) is 8.00. The van der Waals surface area contributed by atoms with Gasteiger partial charge in [-0.1, -0.05) is 29.8 Å². The number of benzene rings is 1. The Morgan fingerprint density at radius 1 is 1.16 bits per heavy atom. The van der Waals surface area contributed by atoms with E-state index in [1.54, 1.807) is 23.4 Å². The predicted molar refractivity (Wildman–Crippen MR) is 99.1 cm³/mol. The number of aryl methyl sites for hydroxylation is 1. The minimum absolute atomic E-state index is 0.0773. The van der Waals surface area contributed by atoms with Crippen LogP contribution in [0.5, 0.6) is 0 Å². The molecule has 2 rings (SSSR count). The highest BCUT2D eigenvalue weighted by molar-refractivity contribution is 5.91. The van der Waals surface area contributed by atoms with E-state index < -0.39 is 0 Å². The third-order valence-corrected chi connectivity index (χ3v) is 3.65. The average Bonchev–Trinajstić information content (AvgIpc) is 2.61. The molecule has 0 aliphatic rings. The van der Waals surface area contributed by atoms with Gasteiger partial charge in [0.05, 0.1) is 6.61 Å². The number of aliphatic hydroxyl groups is 1. The lowest BCUT2D eigenvalue weighted by Gasteiger charge is -2.20. The van der Waals surface area contributed by atoms with Crippen LogP contribution in [0.1, 0.15) is 16.7 Å². The molecule has 1 heterocycles. The summed E-state index contributed by atoms with van der Waals surface area (Å²) in [6.07, 6.45) is 6.50. The maximum absolute atomic E-state index is 12.4. The largest absolute Gasteiger partial charge is 0.395 e. The normalized spacial score (nSPS) is 10.9. The fourth-order valence-corrected chi connectivity index (χ4v) is 2.22. The van der Waals surface area contributed by atoms with Crippen LogP contribution < -0.4 is 4.90 Å². The summed E-state index contributed by atoms with van der Waals surface area (Å²) in [4.78, 5) is 24.3. The van der Waals surface area contributed by atoms with E-state index >= 15 is 0 Å². The van der Waals surface area contributed by atoms with Gasteiger partial charge in [-0.25, -0.2) is 9.97 Å². The Morgan fingerprint density at radius 3 is 2.36 bits per heavy atom. The standard InChI is InChI=1S/C19H24N4O2/c1-15-4-6-16(7-5-15)14-23(10-11-24)18(25)9-8-17-12-20-19(21-13-17)22(2)3/h4-9,12-13,24H,10-11,14H2,1-3H3. The lowest BCUT2D eigenvalue weighted by Crippen LogP contribution is -2.31. The van der Waals surface area contributed by atoms with Crippen LogP contribution in [-0.4, -0.2) is 53.1 Å². The lowest BCUT2D eigenvalue weighted by molar-refractivity contribution is -0.127. The third kappa shape index (κ3) is 5.69. The SMILES string of the molecule is Cc1ccc(CN(CCO)C(=O)C=Cc2cnc(N(C)C)nc2)cc1. The molecule has 0 spiro atoms. The molecule has 2 aromatic rings. The van der Waals surface area contributed by atoms with Gasteiger partial charge >= 0.3 is 0 Å². The highest BCUT2D eigenvalue weighted by Gasteiger charge is 2.10. The number of nitrogens with zero attached hydrogens (tertiary/aromatic N) is 4. The molecule has 0 atom stereocenters. The molecule has 0 saturated carbocycles. The van der Waals surface area contributed by atoms with Gasteiger partial charge in [-0.05, 0) is 18.6 Å². The maximum Gasteiger partial charge on any atom is 0.246 e. The molecule has 0 aliphatic carbocycles. The summed E-state index contributed by atoms with van der Waals surface area (Å²) >= 11 is 0. The molecule has 6 nitrogen and oxygen atoms in total. The first-order valence-corrected chi connectivity index (χ1v) is 8.12. The van der Waals surface area contributed by atoms with Crippen LogP contribution in [0.4, 0.5) is 5.95 Å². The molecule has 0 bridgehead atoms. The summed E-state index contributed by atoms with van der Waals surface area (Å²) in [6.45, 7) is 2.69. The summed E-state index contributed by atoms with van der Waals surface area (Å²) < 4.78 is 0. The Balaban J connectivity index is 2.04. The van der Waals surface area contributed by atoms with Crippen molar-refractivity contribution < 1.29 is 9.90 Å². The van der Waals surface area contributed by atoms with E-state index in [-0.39, 0.29) is 19.1 Å². The van der Waals surface area contributed by atoms with E-state index in [2.05, 4.69) is 9.97 Å². The minimum Gasteiger partial charge on any atom is -0.395 e. The first kappa shape index (κ1) is 18.6. The maximum atomic E-state index is 12.4. The first-order chi connectivity index (χ1) is 12.0. The summed E-state index contributed by atoms with van der Waals surface area (Å²) in [5.74, 6) is 0.455. The van der Waals surface area contributed by atoms with Crippen LogP contribution >= 0.6 is 0 Å². The molecule has 0 unspecified atom stereocenters. The van der Waals surface area contributed by atoms with E-state index in [0.29, 0.717) is 12.5 Å². The highest BCUT2D eigenvalue weighted by Crippen LogP contribution is 2.09. The molecular weight excluding hydrogens is 316 g/mol.